The highest BCUT2D eigenvalue weighted by molar-refractivity contribution is 9.10. The minimum absolute atomic E-state index is 0.172. The van der Waals surface area contributed by atoms with E-state index in [1.54, 1.807) is 36.4 Å². The molecule has 1 aliphatic heterocycles. The van der Waals surface area contributed by atoms with Gasteiger partial charge in [0.15, 0.2) is 0 Å². The van der Waals surface area contributed by atoms with Gasteiger partial charge in [-0.3, -0.25) is 20.2 Å². The number of piperidine rings is 1. The van der Waals surface area contributed by atoms with Gasteiger partial charge in [-0.15, -0.1) is 6.58 Å². The third kappa shape index (κ3) is 5.13. The molecule has 0 radical (unpaired) electrons. The molecule has 0 aliphatic carbocycles. The summed E-state index contributed by atoms with van der Waals surface area (Å²) in [5.41, 5.74) is 0.976. The van der Waals surface area contributed by atoms with Gasteiger partial charge in [-0.05, 0) is 47.7 Å². The van der Waals surface area contributed by atoms with Gasteiger partial charge in [-0.25, -0.2) is 8.42 Å². The van der Waals surface area contributed by atoms with Crippen molar-refractivity contribution in [1.29, 1.82) is 0 Å². The maximum atomic E-state index is 14.2. The van der Waals surface area contributed by atoms with Crippen LogP contribution >= 0.6 is 15.9 Å². The van der Waals surface area contributed by atoms with Crippen LogP contribution < -0.4 is 0 Å². The van der Waals surface area contributed by atoms with Crippen molar-refractivity contribution in [3.8, 4) is 0 Å². The topological polar surface area (TPSA) is 124 Å². The fourth-order valence-electron chi connectivity index (χ4n) is 5.44. The zero-order valence-corrected chi connectivity index (χ0v) is 22.9. The van der Waals surface area contributed by atoms with E-state index in [4.69, 9.17) is 0 Å². The Hall–Kier alpha value is -3.41. The lowest BCUT2D eigenvalue weighted by molar-refractivity contribution is -0.541. The summed E-state index contributed by atoms with van der Waals surface area (Å²) in [7, 11) is -4.33. The van der Waals surface area contributed by atoms with Gasteiger partial charge in [0.05, 0.1) is 15.7 Å². The highest BCUT2D eigenvalue weighted by Crippen LogP contribution is 2.50. The molecular formula is C27H26BrN3O6S. The van der Waals surface area contributed by atoms with Gasteiger partial charge in [-0.1, -0.05) is 71.4 Å². The molecule has 3 aromatic carbocycles. The molecule has 0 spiro atoms. The summed E-state index contributed by atoms with van der Waals surface area (Å²) in [5.74, 6) is -1.06. The van der Waals surface area contributed by atoms with Crippen LogP contribution in [0, 0.1) is 26.1 Å². The summed E-state index contributed by atoms with van der Waals surface area (Å²) < 4.78 is 30.5. The first-order valence-corrected chi connectivity index (χ1v) is 14.1. The quantitative estimate of drug-likeness (QED) is 0.175. The lowest BCUT2D eigenvalue weighted by atomic mass is 9.70. The smallest absolute Gasteiger partial charge is 0.264 e. The highest BCUT2D eigenvalue weighted by atomic mass is 79.9. The lowest BCUT2D eigenvalue weighted by Gasteiger charge is -2.49. The largest absolute Gasteiger partial charge is 0.269 e. The van der Waals surface area contributed by atoms with Gasteiger partial charge in [0.25, 0.3) is 5.69 Å². The molecule has 9 nitrogen and oxygen atoms in total. The van der Waals surface area contributed by atoms with Gasteiger partial charge >= 0.3 is 0 Å². The van der Waals surface area contributed by atoms with Crippen LogP contribution in [0.15, 0.2) is 101 Å². The molecule has 5 atom stereocenters. The Kier molecular flexibility index (Phi) is 8.10. The Labute approximate surface area is 229 Å². The number of benzene rings is 3. The Morgan fingerprint density at radius 1 is 0.947 bits per heavy atom. The molecule has 0 unspecified atom stereocenters. The Bertz CT molecular complexity index is 1430. The molecule has 198 valence electrons. The summed E-state index contributed by atoms with van der Waals surface area (Å²) in [4.78, 5) is 22.8. The van der Waals surface area contributed by atoms with Crippen LogP contribution in [0.25, 0.3) is 0 Å². The van der Waals surface area contributed by atoms with Crippen molar-refractivity contribution in [2.24, 2.45) is 5.92 Å². The molecule has 0 N–H and O–H groups in total. The number of hydrogen-bond donors (Lipinski definition) is 0. The van der Waals surface area contributed by atoms with Gasteiger partial charge in [-0.2, -0.15) is 4.31 Å². The zero-order valence-electron chi connectivity index (χ0n) is 20.5. The van der Waals surface area contributed by atoms with Crippen LogP contribution in [0.2, 0.25) is 0 Å². The number of nitrogens with zero attached hydrogens (tertiary/aromatic N) is 3. The molecule has 1 aliphatic rings. The second kappa shape index (κ2) is 11.1. The number of hydrogen-bond acceptors (Lipinski definition) is 6. The summed E-state index contributed by atoms with van der Waals surface area (Å²) >= 11 is 3.41. The Balaban J connectivity index is 1.97. The summed E-state index contributed by atoms with van der Waals surface area (Å²) in [6, 6.07) is 17.4. The van der Waals surface area contributed by atoms with Gasteiger partial charge in [0, 0.05) is 27.6 Å². The summed E-state index contributed by atoms with van der Waals surface area (Å²) in [6.45, 7) is 5.66. The normalized spacial score (nSPS) is 24.0. The van der Waals surface area contributed by atoms with E-state index in [1.165, 1.54) is 16.4 Å². The zero-order chi connectivity index (χ0) is 27.6. The van der Waals surface area contributed by atoms with Crippen LogP contribution in [0.5, 0.6) is 0 Å². The third-order valence-corrected chi connectivity index (χ3v) is 9.59. The first kappa shape index (κ1) is 27.6. The summed E-state index contributed by atoms with van der Waals surface area (Å²) in [6.07, 6.45) is 1.88. The molecule has 1 heterocycles. The van der Waals surface area contributed by atoms with Crippen molar-refractivity contribution in [3.63, 3.8) is 0 Å². The van der Waals surface area contributed by atoms with Crippen molar-refractivity contribution in [1.82, 2.24) is 4.31 Å². The highest BCUT2D eigenvalue weighted by Gasteiger charge is 2.57. The molecule has 1 saturated heterocycles. The van der Waals surface area contributed by atoms with Gasteiger partial charge < -0.3 is 0 Å². The number of rotatable bonds is 8. The Morgan fingerprint density at radius 3 is 2.08 bits per heavy atom. The van der Waals surface area contributed by atoms with E-state index in [2.05, 4.69) is 22.5 Å². The van der Waals surface area contributed by atoms with Crippen LogP contribution in [0.3, 0.4) is 0 Å². The molecule has 38 heavy (non-hydrogen) atoms. The average molecular weight is 600 g/mol. The van der Waals surface area contributed by atoms with Crippen LogP contribution in [-0.2, 0) is 10.0 Å². The fourth-order valence-corrected chi connectivity index (χ4v) is 7.61. The molecule has 0 aromatic heterocycles. The van der Waals surface area contributed by atoms with E-state index in [0.29, 0.717) is 5.56 Å². The van der Waals surface area contributed by atoms with Crippen molar-refractivity contribution in [2.75, 3.05) is 0 Å². The number of nitro groups is 2. The molecule has 3 aromatic rings. The molecule has 0 amide bonds. The van der Waals surface area contributed by atoms with E-state index < -0.39 is 44.9 Å². The number of halogens is 1. The van der Waals surface area contributed by atoms with E-state index in [1.807, 2.05) is 31.2 Å². The SMILES string of the molecule is C=CC[C@@H]1[C@H](C)[C@@H](c2ccc(Br)cc2)[C@H]([N+](=O)[O-])[C@@H](c2ccccc2)N1S(=O)(=O)c1ccc([N+](=O)[O-])cc1. The fraction of sp³-hybridized carbons (Fsp3) is 0.259. The number of non-ortho nitro benzene ring substituents is 1. The molecule has 4 rings (SSSR count). The second-order valence-electron chi connectivity index (χ2n) is 9.25. The molecule has 0 bridgehead atoms. The lowest BCUT2D eigenvalue weighted by Crippen LogP contribution is -2.59. The van der Waals surface area contributed by atoms with Crippen LogP contribution in [-0.4, -0.2) is 34.7 Å². The van der Waals surface area contributed by atoms with Crippen LogP contribution in [0.4, 0.5) is 5.69 Å². The number of nitro benzene ring substituents is 1. The van der Waals surface area contributed by atoms with E-state index >= 15 is 0 Å². The summed E-state index contributed by atoms with van der Waals surface area (Å²) in [5, 5.41) is 24.0. The van der Waals surface area contributed by atoms with E-state index in [0.717, 1.165) is 22.2 Å². The van der Waals surface area contributed by atoms with E-state index in [9.17, 15) is 28.6 Å². The maximum Gasteiger partial charge on any atom is 0.269 e. The van der Waals surface area contributed by atoms with Crippen molar-refractivity contribution < 1.29 is 18.3 Å². The van der Waals surface area contributed by atoms with Crippen molar-refractivity contribution >= 4 is 31.6 Å². The predicted molar refractivity (Wildman–Crippen MR) is 147 cm³/mol. The molecule has 11 heteroatoms. The number of sulfonamides is 1. The molecular weight excluding hydrogens is 574 g/mol. The van der Waals surface area contributed by atoms with Crippen molar-refractivity contribution in [3.05, 3.63) is 127 Å². The minimum atomic E-state index is -4.33. The van der Waals surface area contributed by atoms with Crippen LogP contribution in [0.1, 0.15) is 36.4 Å². The average Bonchev–Trinajstić information content (AvgIpc) is 2.90. The molecule has 0 saturated carbocycles. The third-order valence-electron chi connectivity index (χ3n) is 7.14. The first-order valence-electron chi connectivity index (χ1n) is 11.9. The monoisotopic (exact) mass is 599 g/mol. The standard InChI is InChI=1S/C27H26BrN3O6S/c1-3-7-24-18(2)25(19-10-12-21(28)13-11-19)27(31(34)35)26(20-8-5-4-6-9-20)29(24)38(36,37)23-16-14-22(15-17-23)30(32)33/h3-6,8-18,24-27H,1,7H2,2H3/t18-,24+,25-,26+,27-/m0/s1. The molecule has 1 fully saturated rings. The predicted octanol–water partition coefficient (Wildman–Crippen LogP) is 6.11. The van der Waals surface area contributed by atoms with E-state index in [-0.39, 0.29) is 21.9 Å². The maximum absolute atomic E-state index is 14.2. The van der Waals surface area contributed by atoms with Crippen molar-refractivity contribution in [2.45, 2.75) is 42.3 Å². The minimum Gasteiger partial charge on any atom is -0.264 e. The van der Waals surface area contributed by atoms with Gasteiger partial charge in [0.2, 0.25) is 16.1 Å². The Morgan fingerprint density at radius 2 is 1.55 bits per heavy atom. The second-order valence-corrected chi connectivity index (χ2v) is 12.0. The van der Waals surface area contributed by atoms with Gasteiger partial charge in [0.1, 0.15) is 6.04 Å². The first-order chi connectivity index (χ1) is 18.1.